The van der Waals surface area contributed by atoms with Gasteiger partial charge >= 0.3 is 0 Å². The molecule has 9 aromatic rings. The number of hydrogen-bond donors (Lipinski definition) is 0. The molecule has 5 heteroatoms. The lowest BCUT2D eigenvalue weighted by atomic mass is 9.79. The number of hydrogen-bond acceptors (Lipinski definition) is 5. The van der Waals surface area contributed by atoms with Crippen molar-refractivity contribution >= 4 is 43.9 Å². The fourth-order valence-corrected chi connectivity index (χ4v) is 7.49. The van der Waals surface area contributed by atoms with Crippen LogP contribution in [0.3, 0.4) is 0 Å². The molecule has 10 rings (SSSR count). The predicted octanol–water partition coefficient (Wildman–Crippen LogP) is 11.0. The molecule has 0 radical (unpaired) electrons. The van der Waals surface area contributed by atoms with Crippen LogP contribution < -0.4 is 0 Å². The minimum Gasteiger partial charge on any atom is -0.456 e. The average Bonchev–Trinajstić information content (AvgIpc) is 3.75. The summed E-state index contributed by atoms with van der Waals surface area (Å²) in [5.74, 6) is 1.91. The summed E-state index contributed by atoms with van der Waals surface area (Å²) in [5.41, 5.74) is 10.9. The van der Waals surface area contributed by atoms with E-state index in [4.69, 9.17) is 23.8 Å². The zero-order chi connectivity index (χ0) is 31.3. The van der Waals surface area contributed by atoms with Crippen molar-refractivity contribution in [3.05, 3.63) is 139 Å². The second kappa shape index (κ2) is 9.47. The maximum atomic E-state index is 6.32. The fourth-order valence-electron chi connectivity index (χ4n) is 7.49. The zero-order valence-electron chi connectivity index (χ0n) is 25.8. The van der Waals surface area contributed by atoms with Gasteiger partial charge in [-0.1, -0.05) is 98.8 Å². The van der Waals surface area contributed by atoms with Crippen molar-refractivity contribution in [3.8, 4) is 45.3 Å². The third-order valence-electron chi connectivity index (χ3n) is 9.71. The standard InChI is InChI=1S/C42H27N3O2/c1-42(2)33-22-32-27-14-7-9-18-35(27)47-37(32)23-30(33)28-15-10-16-29(38(28)42)41-44-39(24-11-4-3-5-12-24)43-40(45-41)25-19-20-36-31(21-25)26-13-6-8-17-34(26)46-36/h3-23H,1-2H3. The predicted molar refractivity (Wildman–Crippen MR) is 188 cm³/mol. The number of para-hydroxylation sites is 2. The Morgan fingerprint density at radius 3 is 1.79 bits per heavy atom. The minimum atomic E-state index is -0.303. The lowest BCUT2D eigenvalue weighted by molar-refractivity contribution is 0.658. The topological polar surface area (TPSA) is 65.0 Å². The molecule has 0 unspecified atom stereocenters. The lowest BCUT2D eigenvalue weighted by Gasteiger charge is -2.24. The molecule has 0 fully saturated rings. The molecule has 222 valence electrons. The van der Waals surface area contributed by atoms with E-state index in [9.17, 15) is 0 Å². The van der Waals surface area contributed by atoms with E-state index in [2.05, 4.69) is 68.4 Å². The Morgan fingerprint density at radius 1 is 0.426 bits per heavy atom. The van der Waals surface area contributed by atoms with Gasteiger partial charge in [-0.25, -0.2) is 15.0 Å². The highest BCUT2D eigenvalue weighted by atomic mass is 16.3. The summed E-state index contributed by atoms with van der Waals surface area (Å²) in [7, 11) is 0. The van der Waals surface area contributed by atoms with E-state index in [0.717, 1.165) is 60.6 Å². The van der Waals surface area contributed by atoms with Gasteiger partial charge in [0.15, 0.2) is 17.5 Å². The van der Waals surface area contributed by atoms with Gasteiger partial charge in [0.1, 0.15) is 22.3 Å². The Morgan fingerprint density at radius 2 is 1.02 bits per heavy atom. The fraction of sp³-hybridized carbons (Fsp3) is 0.0714. The van der Waals surface area contributed by atoms with Crippen molar-refractivity contribution in [2.24, 2.45) is 0 Å². The van der Waals surface area contributed by atoms with Crippen molar-refractivity contribution in [1.29, 1.82) is 0 Å². The van der Waals surface area contributed by atoms with E-state index in [-0.39, 0.29) is 5.41 Å². The number of fused-ring (bicyclic) bond motifs is 9. The average molecular weight is 606 g/mol. The molecule has 0 saturated carbocycles. The van der Waals surface area contributed by atoms with Gasteiger partial charge in [0.05, 0.1) is 0 Å². The molecule has 6 aromatic carbocycles. The highest BCUT2D eigenvalue weighted by Gasteiger charge is 2.39. The molecule has 0 N–H and O–H groups in total. The SMILES string of the molecule is CC1(C)c2cc3c(cc2-c2cccc(-c4nc(-c5ccccc5)nc(-c5ccc6oc7ccccc7c6c5)n4)c21)oc1ccccc13. The molecule has 0 spiro atoms. The quantitative estimate of drug-likeness (QED) is 0.200. The van der Waals surface area contributed by atoms with Crippen LogP contribution in [0.5, 0.6) is 0 Å². The zero-order valence-corrected chi connectivity index (χ0v) is 25.8. The molecule has 0 atom stereocenters. The van der Waals surface area contributed by atoms with Gasteiger partial charge in [-0.3, -0.25) is 0 Å². The van der Waals surface area contributed by atoms with Crippen LogP contribution in [0, 0.1) is 0 Å². The van der Waals surface area contributed by atoms with E-state index in [1.54, 1.807) is 0 Å². The van der Waals surface area contributed by atoms with Gasteiger partial charge in [-0.2, -0.15) is 0 Å². The number of aromatic nitrogens is 3. The number of nitrogens with zero attached hydrogens (tertiary/aromatic N) is 3. The monoisotopic (exact) mass is 605 g/mol. The summed E-state index contributed by atoms with van der Waals surface area (Å²) in [5, 5.41) is 4.38. The summed E-state index contributed by atoms with van der Waals surface area (Å²) in [6, 6.07) is 43.7. The Labute approximate surface area is 270 Å². The summed E-state index contributed by atoms with van der Waals surface area (Å²) in [6.07, 6.45) is 0. The van der Waals surface area contributed by atoms with Crippen molar-refractivity contribution in [1.82, 2.24) is 15.0 Å². The number of furan rings is 2. The van der Waals surface area contributed by atoms with Crippen LogP contribution in [-0.2, 0) is 5.41 Å². The van der Waals surface area contributed by atoms with E-state index in [0.29, 0.717) is 17.5 Å². The van der Waals surface area contributed by atoms with E-state index < -0.39 is 0 Å². The Hall–Kier alpha value is -6.07. The molecule has 0 bridgehead atoms. The van der Waals surface area contributed by atoms with Gasteiger partial charge in [-0.05, 0) is 64.7 Å². The first-order valence-corrected chi connectivity index (χ1v) is 15.9. The van der Waals surface area contributed by atoms with Gasteiger partial charge in [0, 0.05) is 43.7 Å². The smallest absolute Gasteiger partial charge is 0.164 e. The third kappa shape index (κ3) is 3.80. The molecular weight excluding hydrogens is 578 g/mol. The lowest BCUT2D eigenvalue weighted by Crippen LogP contribution is -2.17. The van der Waals surface area contributed by atoms with Crippen LogP contribution in [0.15, 0.2) is 136 Å². The highest BCUT2D eigenvalue weighted by molar-refractivity contribution is 6.08. The molecule has 3 aromatic heterocycles. The van der Waals surface area contributed by atoms with Gasteiger partial charge in [0.25, 0.3) is 0 Å². The Bertz CT molecular complexity index is 2720. The van der Waals surface area contributed by atoms with E-state index in [1.165, 1.54) is 22.3 Å². The van der Waals surface area contributed by atoms with Crippen molar-refractivity contribution in [2.75, 3.05) is 0 Å². The summed E-state index contributed by atoms with van der Waals surface area (Å²) >= 11 is 0. The van der Waals surface area contributed by atoms with Gasteiger partial charge < -0.3 is 8.83 Å². The molecule has 0 amide bonds. The summed E-state index contributed by atoms with van der Waals surface area (Å²) in [4.78, 5) is 15.4. The van der Waals surface area contributed by atoms with Crippen LogP contribution in [0.4, 0.5) is 0 Å². The summed E-state index contributed by atoms with van der Waals surface area (Å²) in [6.45, 7) is 4.60. The first-order chi connectivity index (χ1) is 23.0. The van der Waals surface area contributed by atoms with E-state index in [1.807, 2.05) is 72.8 Å². The molecule has 3 heterocycles. The van der Waals surface area contributed by atoms with Crippen LogP contribution in [0.2, 0.25) is 0 Å². The van der Waals surface area contributed by atoms with Crippen molar-refractivity contribution in [2.45, 2.75) is 19.3 Å². The molecule has 0 saturated heterocycles. The van der Waals surface area contributed by atoms with Crippen LogP contribution in [-0.4, -0.2) is 15.0 Å². The number of rotatable bonds is 3. The minimum absolute atomic E-state index is 0.303. The first-order valence-electron chi connectivity index (χ1n) is 15.9. The Balaban J connectivity index is 1.20. The van der Waals surface area contributed by atoms with Gasteiger partial charge in [0.2, 0.25) is 0 Å². The summed E-state index contributed by atoms with van der Waals surface area (Å²) < 4.78 is 12.4. The maximum absolute atomic E-state index is 6.32. The number of benzene rings is 6. The van der Waals surface area contributed by atoms with E-state index >= 15 is 0 Å². The molecule has 5 nitrogen and oxygen atoms in total. The second-order valence-electron chi connectivity index (χ2n) is 12.8. The van der Waals surface area contributed by atoms with Crippen LogP contribution in [0.25, 0.3) is 89.2 Å². The normalized spacial score (nSPS) is 13.5. The second-order valence-corrected chi connectivity index (χ2v) is 12.8. The molecule has 1 aliphatic rings. The molecule has 0 aliphatic heterocycles. The first kappa shape index (κ1) is 26.2. The largest absolute Gasteiger partial charge is 0.456 e. The van der Waals surface area contributed by atoms with Gasteiger partial charge in [-0.15, -0.1) is 0 Å². The molecule has 1 aliphatic carbocycles. The maximum Gasteiger partial charge on any atom is 0.164 e. The van der Waals surface area contributed by atoms with Crippen molar-refractivity contribution in [3.63, 3.8) is 0 Å². The van der Waals surface area contributed by atoms with Crippen LogP contribution >= 0.6 is 0 Å². The Kier molecular flexibility index (Phi) is 5.28. The molecular formula is C42H27N3O2. The highest BCUT2D eigenvalue weighted by Crippen LogP contribution is 2.53. The third-order valence-corrected chi connectivity index (χ3v) is 9.71. The van der Waals surface area contributed by atoms with Crippen molar-refractivity contribution < 1.29 is 8.83 Å². The molecule has 47 heavy (non-hydrogen) atoms. The van der Waals surface area contributed by atoms with Crippen LogP contribution in [0.1, 0.15) is 25.0 Å².